The lowest BCUT2D eigenvalue weighted by molar-refractivity contribution is 0.255. The highest BCUT2D eigenvalue weighted by Gasteiger charge is 2.43. The second-order valence-electron chi connectivity index (χ2n) is 4.77. The van der Waals surface area contributed by atoms with Crippen LogP contribution in [0, 0.1) is 5.92 Å². The molecule has 14 heavy (non-hydrogen) atoms. The van der Waals surface area contributed by atoms with E-state index in [1.165, 1.54) is 31.7 Å². The van der Waals surface area contributed by atoms with Crippen LogP contribution >= 0.6 is 0 Å². The molecule has 0 aromatic heterocycles. The van der Waals surface area contributed by atoms with Gasteiger partial charge >= 0.3 is 0 Å². The molecular formula is C11H22O2Si. The van der Waals surface area contributed by atoms with E-state index >= 15 is 0 Å². The third-order valence-corrected chi connectivity index (χ3v) is 5.57. The molecule has 0 N–H and O–H groups in total. The minimum atomic E-state index is -0.790. The minimum Gasteiger partial charge on any atom is -0.420 e. The van der Waals surface area contributed by atoms with E-state index in [9.17, 15) is 0 Å². The first-order valence-electron chi connectivity index (χ1n) is 6.06. The van der Waals surface area contributed by atoms with Crippen LogP contribution in [0.15, 0.2) is 0 Å². The molecular weight excluding hydrogens is 192 g/mol. The fraction of sp³-hybridized carbons (Fsp3) is 1.00. The molecule has 2 nitrogen and oxygen atoms in total. The van der Waals surface area contributed by atoms with Crippen LogP contribution < -0.4 is 0 Å². The summed E-state index contributed by atoms with van der Waals surface area (Å²) in [6.45, 7) is 5.53. The molecule has 1 saturated carbocycles. The van der Waals surface area contributed by atoms with E-state index in [4.69, 9.17) is 9.16 Å². The van der Waals surface area contributed by atoms with Crippen molar-refractivity contribution in [3.63, 3.8) is 0 Å². The molecule has 0 aromatic rings. The van der Waals surface area contributed by atoms with Crippen LogP contribution in [0.25, 0.3) is 0 Å². The van der Waals surface area contributed by atoms with Gasteiger partial charge in [-0.25, -0.2) is 0 Å². The Labute approximate surface area is 88.7 Å². The van der Waals surface area contributed by atoms with E-state index in [2.05, 4.69) is 13.5 Å². The fourth-order valence-electron chi connectivity index (χ4n) is 2.30. The van der Waals surface area contributed by atoms with Crippen molar-refractivity contribution < 1.29 is 9.16 Å². The summed E-state index contributed by atoms with van der Waals surface area (Å²) in [6.07, 6.45) is 6.52. The van der Waals surface area contributed by atoms with Crippen molar-refractivity contribution in [2.24, 2.45) is 5.92 Å². The van der Waals surface area contributed by atoms with Gasteiger partial charge in [-0.3, -0.25) is 0 Å². The first-order valence-corrected chi connectivity index (χ1v) is 8.51. The van der Waals surface area contributed by atoms with Gasteiger partial charge < -0.3 is 9.16 Å². The van der Waals surface area contributed by atoms with Gasteiger partial charge in [-0.1, -0.05) is 6.92 Å². The van der Waals surface area contributed by atoms with Gasteiger partial charge in [-0.15, -0.1) is 0 Å². The molecule has 1 aliphatic heterocycles. The Morgan fingerprint density at radius 2 is 2.21 bits per heavy atom. The molecule has 2 fully saturated rings. The Morgan fingerprint density at radius 3 is 2.93 bits per heavy atom. The quantitative estimate of drug-likeness (QED) is 0.517. The van der Waals surface area contributed by atoms with E-state index in [-0.39, 0.29) is 0 Å². The molecule has 0 aromatic carbocycles. The zero-order valence-electron chi connectivity index (χ0n) is 9.37. The number of hydrogen-bond acceptors (Lipinski definition) is 2. The summed E-state index contributed by atoms with van der Waals surface area (Å²) < 4.78 is 11.4. The van der Waals surface area contributed by atoms with Crippen LogP contribution in [-0.2, 0) is 9.16 Å². The molecule has 2 aliphatic rings. The Hall–Kier alpha value is 0.137. The van der Waals surface area contributed by atoms with Gasteiger partial charge in [0.15, 0.2) is 9.04 Å². The van der Waals surface area contributed by atoms with E-state index in [0.717, 1.165) is 12.5 Å². The van der Waals surface area contributed by atoms with E-state index < -0.39 is 9.04 Å². The summed E-state index contributed by atoms with van der Waals surface area (Å²) >= 11 is 0. The van der Waals surface area contributed by atoms with Gasteiger partial charge in [0.25, 0.3) is 0 Å². The number of ether oxygens (including phenoxy) is 1. The number of rotatable bonds is 5. The van der Waals surface area contributed by atoms with Crippen molar-refractivity contribution in [2.75, 3.05) is 6.61 Å². The summed E-state index contributed by atoms with van der Waals surface area (Å²) in [6, 6.07) is 1.26. The maximum absolute atomic E-state index is 5.84. The highest BCUT2D eigenvalue weighted by molar-refractivity contribution is 6.49. The molecule has 1 saturated heterocycles. The maximum Gasteiger partial charge on any atom is 0.173 e. The number of fused-ring (bicyclic) bond motifs is 1. The molecule has 2 rings (SSSR count). The topological polar surface area (TPSA) is 21.8 Å². The van der Waals surface area contributed by atoms with Gasteiger partial charge in [-0.05, 0) is 44.2 Å². The first-order chi connectivity index (χ1) is 6.79. The normalized spacial score (nSPS) is 37.7. The summed E-state index contributed by atoms with van der Waals surface area (Å²) in [5, 5.41) is 0. The van der Waals surface area contributed by atoms with Crippen LogP contribution in [0.4, 0.5) is 0 Å². The monoisotopic (exact) mass is 214 g/mol. The van der Waals surface area contributed by atoms with Crippen LogP contribution in [0.5, 0.6) is 0 Å². The van der Waals surface area contributed by atoms with Crippen LogP contribution in [0.1, 0.15) is 32.6 Å². The summed E-state index contributed by atoms with van der Waals surface area (Å²) in [5.74, 6) is 0.886. The van der Waals surface area contributed by atoms with Gasteiger partial charge in [0.05, 0.1) is 12.2 Å². The zero-order chi connectivity index (χ0) is 9.97. The highest BCUT2D eigenvalue weighted by atomic mass is 28.3. The van der Waals surface area contributed by atoms with Gasteiger partial charge in [0, 0.05) is 6.61 Å². The smallest absolute Gasteiger partial charge is 0.173 e. The predicted octanol–water partition coefficient (Wildman–Crippen LogP) is 2.33. The molecule has 0 amide bonds. The number of hydrogen-bond donors (Lipinski definition) is 0. The predicted molar refractivity (Wildman–Crippen MR) is 60.1 cm³/mol. The Bertz CT molecular complexity index is 186. The van der Waals surface area contributed by atoms with Crippen molar-refractivity contribution in [1.29, 1.82) is 0 Å². The van der Waals surface area contributed by atoms with E-state index in [0.29, 0.717) is 12.2 Å². The largest absolute Gasteiger partial charge is 0.420 e. The first kappa shape index (κ1) is 10.6. The van der Waals surface area contributed by atoms with Crippen molar-refractivity contribution >= 4 is 9.04 Å². The fourth-order valence-corrected chi connectivity index (χ4v) is 3.08. The summed E-state index contributed by atoms with van der Waals surface area (Å²) in [7, 11) is -0.790. The Kier molecular flexibility index (Phi) is 3.63. The molecule has 0 bridgehead atoms. The standard InChI is InChI=1S/C11H22O2Si/c1-3-14(2)12-7-6-9-4-5-10-11(8-9)13-10/h9-11,14H,3-8H2,1-2H3. The minimum absolute atomic E-state index is 0.634. The zero-order valence-corrected chi connectivity index (χ0v) is 10.5. The Morgan fingerprint density at radius 1 is 1.36 bits per heavy atom. The highest BCUT2D eigenvalue weighted by Crippen LogP contribution is 2.40. The maximum atomic E-state index is 5.84. The third kappa shape index (κ3) is 2.81. The van der Waals surface area contributed by atoms with E-state index in [1.54, 1.807) is 0 Å². The average molecular weight is 214 g/mol. The lowest BCUT2D eigenvalue weighted by Gasteiger charge is -2.19. The second-order valence-corrected chi connectivity index (χ2v) is 7.54. The third-order valence-electron chi connectivity index (χ3n) is 3.62. The molecule has 3 heteroatoms. The lowest BCUT2D eigenvalue weighted by atomic mass is 9.87. The molecule has 1 aliphatic carbocycles. The van der Waals surface area contributed by atoms with Gasteiger partial charge in [-0.2, -0.15) is 0 Å². The molecule has 0 spiro atoms. The number of epoxide rings is 1. The molecule has 0 radical (unpaired) electrons. The van der Waals surface area contributed by atoms with E-state index in [1.807, 2.05) is 0 Å². The summed E-state index contributed by atoms with van der Waals surface area (Å²) in [5.41, 5.74) is 0. The molecule has 4 unspecified atom stereocenters. The molecule has 1 heterocycles. The molecule has 82 valence electrons. The van der Waals surface area contributed by atoms with Crippen molar-refractivity contribution in [3.05, 3.63) is 0 Å². The molecule has 4 atom stereocenters. The Balaban J connectivity index is 1.56. The summed E-state index contributed by atoms with van der Waals surface area (Å²) in [4.78, 5) is 0. The van der Waals surface area contributed by atoms with Gasteiger partial charge in [0.1, 0.15) is 0 Å². The van der Waals surface area contributed by atoms with Crippen LogP contribution in [-0.4, -0.2) is 27.9 Å². The van der Waals surface area contributed by atoms with Crippen molar-refractivity contribution in [1.82, 2.24) is 0 Å². The SMILES string of the molecule is CC[SiH](C)OCCC1CCC2OC2C1. The lowest BCUT2D eigenvalue weighted by Crippen LogP contribution is -2.18. The van der Waals surface area contributed by atoms with Gasteiger partial charge in [0.2, 0.25) is 0 Å². The second kappa shape index (κ2) is 4.77. The van der Waals surface area contributed by atoms with Crippen LogP contribution in [0.3, 0.4) is 0 Å². The van der Waals surface area contributed by atoms with Crippen molar-refractivity contribution in [2.45, 2.75) is 57.4 Å². The van der Waals surface area contributed by atoms with Crippen LogP contribution in [0.2, 0.25) is 12.6 Å². The van der Waals surface area contributed by atoms with Crippen molar-refractivity contribution in [3.8, 4) is 0 Å². The average Bonchev–Trinajstić information content (AvgIpc) is 2.95.